The molecule has 0 unspecified atom stereocenters. The van der Waals surface area contributed by atoms with Crippen molar-refractivity contribution in [3.05, 3.63) is 78.4 Å². The molecule has 0 aromatic heterocycles. The van der Waals surface area contributed by atoms with Crippen LogP contribution in [0.3, 0.4) is 0 Å². The van der Waals surface area contributed by atoms with Crippen molar-refractivity contribution in [1.29, 1.82) is 0 Å². The summed E-state index contributed by atoms with van der Waals surface area (Å²) >= 11 is 0. The van der Waals surface area contributed by atoms with Gasteiger partial charge in [-0.25, -0.2) is 9.03 Å². The molecule has 0 saturated carbocycles. The zero-order chi connectivity index (χ0) is 19.7. The summed E-state index contributed by atoms with van der Waals surface area (Å²) in [7, 11) is -3.95. The van der Waals surface area contributed by atoms with E-state index < -0.39 is 16.1 Å². The molecule has 1 N–H and O–H groups in total. The number of fused-ring (bicyclic) bond motifs is 1. The van der Waals surface area contributed by atoms with Crippen molar-refractivity contribution in [2.45, 2.75) is 6.61 Å². The second-order valence-electron chi connectivity index (χ2n) is 6.44. The molecule has 28 heavy (non-hydrogen) atoms. The third kappa shape index (κ3) is 3.44. The smallest absolute Gasteiger partial charge is 0.326 e. The Hall–Kier alpha value is -3.32. The molecule has 1 heterocycles. The van der Waals surface area contributed by atoms with Gasteiger partial charge in [-0.3, -0.25) is 4.79 Å². The maximum atomic E-state index is 12.4. The van der Waals surface area contributed by atoms with Gasteiger partial charge >= 0.3 is 10.2 Å². The van der Waals surface area contributed by atoms with Crippen molar-refractivity contribution < 1.29 is 17.9 Å². The average molecular weight is 394 g/mol. The number of anilines is 1. The van der Waals surface area contributed by atoms with Crippen molar-refractivity contribution >= 4 is 38.7 Å². The number of hydrogen-bond donors (Lipinski definition) is 1. The maximum absolute atomic E-state index is 12.4. The van der Waals surface area contributed by atoms with Gasteiger partial charge in [-0.2, -0.15) is 8.42 Å². The van der Waals surface area contributed by atoms with Gasteiger partial charge in [0, 0.05) is 0 Å². The van der Waals surface area contributed by atoms with E-state index in [0.29, 0.717) is 11.4 Å². The predicted molar refractivity (Wildman–Crippen MR) is 109 cm³/mol. The van der Waals surface area contributed by atoms with Crippen molar-refractivity contribution in [1.82, 2.24) is 4.72 Å². The fraction of sp³-hybridized carbons (Fsp3) is 0.0952. The summed E-state index contributed by atoms with van der Waals surface area (Å²) in [5.41, 5.74) is 2.19. The largest absolute Gasteiger partial charge is 0.487 e. The average Bonchev–Trinajstić information content (AvgIpc) is 2.97. The summed E-state index contributed by atoms with van der Waals surface area (Å²) in [6.45, 7) is 3.76. The van der Waals surface area contributed by atoms with Gasteiger partial charge in [-0.05, 0) is 40.1 Å². The molecule has 3 aromatic rings. The third-order valence-electron chi connectivity index (χ3n) is 4.50. The lowest BCUT2D eigenvalue weighted by atomic mass is 10.1. The number of carbonyl (C=O) groups excluding carboxylic acids is 1. The SMILES string of the molecule is C=Cc1ccc2cc(OCc3ccccc3)c(N3CC(=O)NS3(=O)=O)cc2c1. The molecule has 1 fully saturated rings. The van der Waals surface area contributed by atoms with E-state index in [1.165, 1.54) is 0 Å². The first kappa shape index (κ1) is 18.1. The van der Waals surface area contributed by atoms with Crippen molar-refractivity contribution in [2.75, 3.05) is 10.8 Å². The minimum atomic E-state index is -3.95. The van der Waals surface area contributed by atoms with E-state index >= 15 is 0 Å². The summed E-state index contributed by atoms with van der Waals surface area (Å²) < 4.78 is 33.8. The number of nitrogens with one attached hydrogen (secondary N) is 1. The quantitative estimate of drug-likeness (QED) is 0.721. The second kappa shape index (κ2) is 7.01. The highest BCUT2D eigenvalue weighted by molar-refractivity contribution is 7.92. The summed E-state index contributed by atoms with van der Waals surface area (Å²) in [5, 5.41) is 1.72. The van der Waals surface area contributed by atoms with Crippen LogP contribution in [0.2, 0.25) is 0 Å². The third-order valence-corrected chi connectivity index (χ3v) is 5.90. The first-order valence-corrected chi connectivity index (χ1v) is 10.1. The molecule has 142 valence electrons. The van der Waals surface area contributed by atoms with Gasteiger partial charge in [0.2, 0.25) is 0 Å². The molecule has 0 radical (unpaired) electrons. The Balaban J connectivity index is 1.81. The lowest BCUT2D eigenvalue weighted by Crippen LogP contribution is -2.29. The number of rotatable bonds is 5. The summed E-state index contributed by atoms with van der Waals surface area (Å²) in [6.07, 6.45) is 1.72. The first-order chi connectivity index (χ1) is 13.5. The molecule has 0 atom stereocenters. The highest BCUT2D eigenvalue weighted by Gasteiger charge is 2.36. The molecular weight excluding hydrogens is 376 g/mol. The Morgan fingerprint density at radius 3 is 2.54 bits per heavy atom. The van der Waals surface area contributed by atoms with E-state index in [0.717, 1.165) is 26.2 Å². The molecule has 0 spiro atoms. The summed E-state index contributed by atoms with van der Waals surface area (Å²) in [6, 6.07) is 18.8. The van der Waals surface area contributed by atoms with Crippen LogP contribution in [0.15, 0.2) is 67.2 Å². The van der Waals surface area contributed by atoms with Crippen LogP contribution in [0.4, 0.5) is 5.69 Å². The molecule has 0 bridgehead atoms. The fourth-order valence-electron chi connectivity index (χ4n) is 3.12. The number of hydrogen-bond acceptors (Lipinski definition) is 4. The lowest BCUT2D eigenvalue weighted by Gasteiger charge is -2.20. The summed E-state index contributed by atoms with van der Waals surface area (Å²) in [5.74, 6) is -0.184. The number of ether oxygens (including phenoxy) is 1. The van der Waals surface area contributed by atoms with Gasteiger partial charge < -0.3 is 4.74 Å². The molecular formula is C21H18N2O4S. The van der Waals surface area contributed by atoms with Gasteiger partial charge in [-0.1, -0.05) is 55.1 Å². The lowest BCUT2D eigenvalue weighted by molar-refractivity contribution is -0.117. The van der Waals surface area contributed by atoms with Crippen molar-refractivity contribution in [3.63, 3.8) is 0 Å². The number of benzene rings is 3. The molecule has 3 aromatic carbocycles. The van der Waals surface area contributed by atoms with Gasteiger partial charge in [0.05, 0.1) is 5.69 Å². The van der Waals surface area contributed by atoms with Crippen LogP contribution in [-0.4, -0.2) is 20.9 Å². The molecule has 4 rings (SSSR count). The Morgan fingerprint density at radius 1 is 1.07 bits per heavy atom. The number of amides is 1. The van der Waals surface area contributed by atoms with Crippen LogP contribution in [-0.2, 0) is 21.6 Å². The number of carbonyl (C=O) groups is 1. The summed E-state index contributed by atoms with van der Waals surface area (Å²) in [4.78, 5) is 11.7. The fourth-order valence-corrected chi connectivity index (χ4v) is 4.27. The minimum absolute atomic E-state index is 0.277. The van der Waals surface area contributed by atoms with E-state index in [-0.39, 0.29) is 13.2 Å². The first-order valence-electron chi connectivity index (χ1n) is 8.66. The van der Waals surface area contributed by atoms with E-state index in [1.54, 1.807) is 18.2 Å². The Morgan fingerprint density at radius 2 is 1.86 bits per heavy atom. The van der Waals surface area contributed by atoms with Crippen LogP contribution >= 0.6 is 0 Å². The minimum Gasteiger partial charge on any atom is -0.487 e. The molecule has 0 aliphatic carbocycles. The standard InChI is InChI=1S/C21H18N2O4S/c1-2-15-8-9-17-12-20(27-14-16-6-4-3-5-7-16)19(11-18(17)10-15)23-13-21(24)22-28(23,25)26/h2-12H,1,13-14H2,(H,22,24). The van der Waals surface area contributed by atoms with Crippen LogP contribution in [0, 0.1) is 0 Å². The van der Waals surface area contributed by atoms with Gasteiger partial charge in [0.25, 0.3) is 5.91 Å². The van der Waals surface area contributed by atoms with E-state index in [4.69, 9.17) is 4.74 Å². The van der Waals surface area contributed by atoms with Crippen LogP contribution in [0.5, 0.6) is 5.75 Å². The maximum Gasteiger partial charge on any atom is 0.326 e. The highest BCUT2D eigenvalue weighted by Crippen LogP contribution is 2.36. The highest BCUT2D eigenvalue weighted by atomic mass is 32.2. The van der Waals surface area contributed by atoms with Crippen molar-refractivity contribution in [2.24, 2.45) is 0 Å². The monoisotopic (exact) mass is 394 g/mol. The molecule has 1 amide bonds. The Bertz CT molecular complexity index is 1170. The van der Waals surface area contributed by atoms with E-state index in [2.05, 4.69) is 6.58 Å². The molecule has 6 nitrogen and oxygen atoms in total. The Kier molecular flexibility index (Phi) is 4.52. The molecule has 1 saturated heterocycles. The molecule has 1 aliphatic rings. The molecule has 7 heteroatoms. The second-order valence-corrected chi connectivity index (χ2v) is 8.04. The van der Waals surface area contributed by atoms with Gasteiger partial charge in [0.15, 0.2) is 0 Å². The van der Waals surface area contributed by atoms with Crippen LogP contribution < -0.4 is 13.8 Å². The van der Waals surface area contributed by atoms with Crippen LogP contribution in [0.25, 0.3) is 16.8 Å². The topological polar surface area (TPSA) is 75.7 Å². The number of nitrogens with zero attached hydrogens (tertiary/aromatic N) is 1. The van der Waals surface area contributed by atoms with Gasteiger partial charge in [-0.15, -0.1) is 0 Å². The zero-order valence-electron chi connectivity index (χ0n) is 15.0. The van der Waals surface area contributed by atoms with Crippen molar-refractivity contribution in [3.8, 4) is 5.75 Å². The van der Waals surface area contributed by atoms with Gasteiger partial charge in [0.1, 0.15) is 18.9 Å². The Labute approximate surface area is 163 Å². The normalized spacial score (nSPS) is 15.4. The molecule has 1 aliphatic heterocycles. The zero-order valence-corrected chi connectivity index (χ0v) is 15.8. The van der Waals surface area contributed by atoms with Crippen LogP contribution in [0.1, 0.15) is 11.1 Å². The van der Waals surface area contributed by atoms with E-state index in [1.807, 2.05) is 53.3 Å². The van der Waals surface area contributed by atoms with E-state index in [9.17, 15) is 13.2 Å². The predicted octanol–water partition coefficient (Wildman–Crippen LogP) is 3.24.